The maximum absolute atomic E-state index is 10.1. The van der Waals surface area contributed by atoms with Crippen LogP contribution >= 0.6 is 0 Å². The van der Waals surface area contributed by atoms with Crippen LogP contribution in [0.3, 0.4) is 0 Å². The number of rotatable bonds is 4. The lowest BCUT2D eigenvalue weighted by Gasteiger charge is -2.35. The van der Waals surface area contributed by atoms with E-state index >= 15 is 0 Å². The first kappa shape index (κ1) is 13.4. The van der Waals surface area contributed by atoms with Gasteiger partial charge in [0, 0.05) is 31.5 Å². The van der Waals surface area contributed by atoms with Crippen LogP contribution in [-0.4, -0.2) is 31.4 Å². The van der Waals surface area contributed by atoms with Gasteiger partial charge < -0.3 is 14.7 Å². The van der Waals surface area contributed by atoms with E-state index in [0.717, 1.165) is 43.6 Å². The second kappa shape index (κ2) is 6.21. The first-order valence-electron chi connectivity index (χ1n) is 6.81. The average Bonchev–Trinajstić information content (AvgIpc) is 2.46. The second-order valence-electron chi connectivity index (χ2n) is 4.93. The molecule has 2 rings (SSSR count). The lowest BCUT2D eigenvalue weighted by molar-refractivity contribution is 0.0890. The topological polar surface area (TPSA) is 32.7 Å². The van der Waals surface area contributed by atoms with Gasteiger partial charge in [0.2, 0.25) is 0 Å². The molecule has 1 N–H and O–H groups in total. The zero-order chi connectivity index (χ0) is 13.0. The van der Waals surface area contributed by atoms with Crippen molar-refractivity contribution in [3.8, 4) is 0 Å². The van der Waals surface area contributed by atoms with Gasteiger partial charge in [-0.25, -0.2) is 0 Å². The average molecular weight is 249 g/mol. The van der Waals surface area contributed by atoms with Gasteiger partial charge in [-0.05, 0) is 25.3 Å². The maximum atomic E-state index is 10.1. The van der Waals surface area contributed by atoms with Crippen LogP contribution in [0.25, 0.3) is 0 Å². The van der Waals surface area contributed by atoms with E-state index in [9.17, 15) is 5.11 Å². The van der Waals surface area contributed by atoms with Crippen LogP contribution in [0.4, 0.5) is 5.69 Å². The molecule has 1 unspecified atom stereocenters. The summed E-state index contributed by atoms with van der Waals surface area (Å²) in [5, 5.41) is 10.1. The molecule has 0 bridgehead atoms. The molecule has 0 radical (unpaired) electrons. The zero-order valence-electron chi connectivity index (χ0n) is 11.3. The molecule has 1 fully saturated rings. The monoisotopic (exact) mass is 249 g/mol. The smallest absolute Gasteiger partial charge is 0.0807 e. The van der Waals surface area contributed by atoms with Gasteiger partial charge in [-0.3, -0.25) is 0 Å². The number of hydrogen-bond acceptors (Lipinski definition) is 3. The number of piperidine rings is 1. The first-order chi connectivity index (χ1) is 8.76. The summed E-state index contributed by atoms with van der Waals surface area (Å²) < 4.78 is 5.47. The number of aliphatic hydroxyl groups is 1. The second-order valence-corrected chi connectivity index (χ2v) is 4.93. The third-order valence-electron chi connectivity index (χ3n) is 3.73. The van der Waals surface area contributed by atoms with Crippen LogP contribution in [0, 0.1) is 0 Å². The Morgan fingerprint density at radius 1 is 1.44 bits per heavy atom. The SMILES string of the molecule is CC[C@@H](O)c1ccccc1N1CCCC(OC)C1. The number of hydrogen-bond donors (Lipinski definition) is 1. The molecule has 1 aromatic carbocycles. The molecule has 1 aliphatic heterocycles. The summed E-state index contributed by atoms with van der Waals surface area (Å²) in [6.07, 6.45) is 2.97. The molecular formula is C15H23NO2. The van der Waals surface area contributed by atoms with Gasteiger partial charge in [0.1, 0.15) is 0 Å². The van der Waals surface area contributed by atoms with Crippen molar-refractivity contribution in [2.45, 2.75) is 38.4 Å². The Morgan fingerprint density at radius 3 is 2.94 bits per heavy atom. The molecule has 18 heavy (non-hydrogen) atoms. The quantitative estimate of drug-likeness (QED) is 0.890. The Kier molecular flexibility index (Phi) is 4.61. The van der Waals surface area contributed by atoms with Gasteiger partial charge in [-0.15, -0.1) is 0 Å². The summed E-state index contributed by atoms with van der Waals surface area (Å²) in [6.45, 7) is 3.98. The van der Waals surface area contributed by atoms with E-state index in [4.69, 9.17) is 4.74 Å². The highest BCUT2D eigenvalue weighted by atomic mass is 16.5. The van der Waals surface area contributed by atoms with Crippen LogP contribution in [-0.2, 0) is 4.74 Å². The van der Waals surface area contributed by atoms with Gasteiger partial charge in [-0.2, -0.15) is 0 Å². The molecule has 0 spiro atoms. The Hall–Kier alpha value is -1.06. The van der Waals surface area contributed by atoms with Crippen molar-refractivity contribution in [3.05, 3.63) is 29.8 Å². The van der Waals surface area contributed by atoms with Crippen molar-refractivity contribution in [2.24, 2.45) is 0 Å². The molecule has 2 atom stereocenters. The first-order valence-corrected chi connectivity index (χ1v) is 6.81. The molecule has 3 heteroatoms. The fourth-order valence-electron chi connectivity index (χ4n) is 2.63. The summed E-state index contributed by atoms with van der Waals surface area (Å²) in [5.74, 6) is 0. The number of anilines is 1. The van der Waals surface area contributed by atoms with Crippen molar-refractivity contribution >= 4 is 5.69 Å². The minimum atomic E-state index is -0.371. The molecule has 0 saturated carbocycles. The predicted octanol–water partition coefficient (Wildman–Crippen LogP) is 2.75. The third kappa shape index (κ3) is 2.85. The zero-order valence-corrected chi connectivity index (χ0v) is 11.3. The summed E-state index contributed by atoms with van der Waals surface area (Å²) in [4.78, 5) is 2.34. The Bertz CT molecular complexity index is 381. The van der Waals surface area contributed by atoms with Crippen molar-refractivity contribution in [2.75, 3.05) is 25.1 Å². The largest absolute Gasteiger partial charge is 0.388 e. The van der Waals surface area contributed by atoms with E-state index in [0.29, 0.717) is 6.10 Å². The number of methoxy groups -OCH3 is 1. The lowest BCUT2D eigenvalue weighted by Crippen LogP contribution is -2.39. The van der Waals surface area contributed by atoms with Gasteiger partial charge in [0.25, 0.3) is 0 Å². The van der Waals surface area contributed by atoms with Crippen molar-refractivity contribution < 1.29 is 9.84 Å². The highest BCUT2D eigenvalue weighted by Crippen LogP contribution is 2.30. The predicted molar refractivity (Wildman–Crippen MR) is 73.9 cm³/mol. The maximum Gasteiger partial charge on any atom is 0.0807 e. The minimum Gasteiger partial charge on any atom is -0.388 e. The Labute approximate surface area is 109 Å². The van der Waals surface area contributed by atoms with Crippen molar-refractivity contribution in [3.63, 3.8) is 0 Å². The third-order valence-corrected chi connectivity index (χ3v) is 3.73. The van der Waals surface area contributed by atoms with E-state index in [1.54, 1.807) is 7.11 Å². The standard InChI is InChI=1S/C15H23NO2/c1-3-15(17)13-8-4-5-9-14(13)16-10-6-7-12(11-16)18-2/h4-5,8-9,12,15,17H,3,6-7,10-11H2,1-2H3/t12?,15-/m1/s1. The van der Waals surface area contributed by atoms with Crippen LogP contribution in [0.5, 0.6) is 0 Å². The van der Waals surface area contributed by atoms with Crippen LogP contribution < -0.4 is 4.90 Å². The van der Waals surface area contributed by atoms with Crippen molar-refractivity contribution in [1.82, 2.24) is 0 Å². The normalized spacial score (nSPS) is 21.9. The highest BCUT2D eigenvalue weighted by Gasteiger charge is 2.22. The van der Waals surface area contributed by atoms with E-state index in [1.807, 2.05) is 25.1 Å². The Morgan fingerprint density at radius 2 is 2.22 bits per heavy atom. The summed E-state index contributed by atoms with van der Waals surface area (Å²) in [6, 6.07) is 8.17. The summed E-state index contributed by atoms with van der Waals surface area (Å²) >= 11 is 0. The van der Waals surface area contributed by atoms with E-state index in [-0.39, 0.29) is 6.10 Å². The summed E-state index contributed by atoms with van der Waals surface area (Å²) in [5.41, 5.74) is 2.20. The van der Waals surface area contributed by atoms with Crippen LogP contribution in [0.1, 0.15) is 37.9 Å². The number of nitrogens with zero attached hydrogens (tertiary/aromatic N) is 1. The molecule has 1 saturated heterocycles. The van der Waals surface area contributed by atoms with E-state index in [1.165, 1.54) is 0 Å². The molecule has 1 heterocycles. The fourth-order valence-corrected chi connectivity index (χ4v) is 2.63. The van der Waals surface area contributed by atoms with Gasteiger partial charge in [-0.1, -0.05) is 25.1 Å². The van der Waals surface area contributed by atoms with Gasteiger partial charge in [0.05, 0.1) is 12.2 Å². The molecule has 100 valence electrons. The van der Waals surface area contributed by atoms with Crippen LogP contribution in [0.2, 0.25) is 0 Å². The minimum absolute atomic E-state index is 0.311. The number of benzene rings is 1. The summed E-state index contributed by atoms with van der Waals surface area (Å²) in [7, 11) is 1.78. The molecule has 1 aromatic rings. The molecule has 3 nitrogen and oxygen atoms in total. The highest BCUT2D eigenvalue weighted by molar-refractivity contribution is 5.55. The molecule has 1 aliphatic rings. The number of para-hydroxylation sites is 1. The van der Waals surface area contributed by atoms with Gasteiger partial charge >= 0.3 is 0 Å². The van der Waals surface area contributed by atoms with Crippen LogP contribution in [0.15, 0.2) is 24.3 Å². The molecule has 0 amide bonds. The lowest BCUT2D eigenvalue weighted by atomic mass is 10.0. The van der Waals surface area contributed by atoms with Crippen molar-refractivity contribution in [1.29, 1.82) is 0 Å². The molecular weight excluding hydrogens is 226 g/mol. The van der Waals surface area contributed by atoms with Gasteiger partial charge in [0.15, 0.2) is 0 Å². The Balaban J connectivity index is 2.21. The fraction of sp³-hybridized carbons (Fsp3) is 0.600. The number of aliphatic hydroxyl groups excluding tert-OH is 1. The molecule has 0 aromatic heterocycles. The number of ether oxygens (including phenoxy) is 1. The van der Waals surface area contributed by atoms with E-state index < -0.39 is 0 Å². The molecule has 0 aliphatic carbocycles. The van der Waals surface area contributed by atoms with E-state index in [2.05, 4.69) is 11.0 Å².